The topological polar surface area (TPSA) is 72.5 Å². The van der Waals surface area contributed by atoms with Gasteiger partial charge < -0.3 is 10.1 Å². The van der Waals surface area contributed by atoms with Crippen molar-refractivity contribution in [2.45, 2.75) is 19.4 Å². The van der Waals surface area contributed by atoms with Gasteiger partial charge in [0.15, 0.2) is 11.2 Å². The maximum absolute atomic E-state index is 13.7. The van der Waals surface area contributed by atoms with Crippen molar-refractivity contribution in [3.8, 4) is 5.75 Å². The molecule has 3 atom stereocenters. The number of ether oxygens (including phenoxy) is 1. The van der Waals surface area contributed by atoms with Crippen molar-refractivity contribution in [1.29, 1.82) is 0 Å². The van der Waals surface area contributed by atoms with Crippen LogP contribution in [0.2, 0.25) is 0 Å². The van der Waals surface area contributed by atoms with Gasteiger partial charge in [0.1, 0.15) is 5.75 Å². The quantitative estimate of drug-likeness (QED) is 0.245. The summed E-state index contributed by atoms with van der Waals surface area (Å²) in [5.41, 5.74) is -0.813. The van der Waals surface area contributed by atoms with E-state index in [0.29, 0.717) is 16.9 Å². The number of esters is 1. The molecule has 0 spiro atoms. The molecule has 6 heteroatoms. The average Bonchev–Trinajstić information content (AvgIpc) is 3.41. The molecule has 0 radical (unpaired) electrons. The Bertz CT molecular complexity index is 1240. The highest BCUT2D eigenvalue weighted by atomic mass is 79.9. The Balaban J connectivity index is 1.57. The summed E-state index contributed by atoms with van der Waals surface area (Å²) >= 11 is 3.38. The van der Waals surface area contributed by atoms with Gasteiger partial charge in [-0.25, -0.2) is 0 Å². The van der Waals surface area contributed by atoms with Crippen molar-refractivity contribution >= 4 is 33.6 Å². The second kappa shape index (κ2) is 7.41. The van der Waals surface area contributed by atoms with Crippen molar-refractivity contribution in [2.75, 3.05) is 0 Å². The fourth-order valence-corrected chi connectivity index (χ4v) is 5.34. The molecular formula is C26H20BrNO4. The molecule has 2 aliphatic rings. The van der Waals surface area contributed by atoms with Gasteiger partial charge in [0.25, 0.3) is 0 Å². The lowest BCUT2D eigenvalue weighted by atomic mass is 9.86. The monoisotopic (exact) mass is 489 g/mol. The van der Waals surface area contributed by atoms with Crippen LogP contribution in [0.5, 0.6) is 5.75 Å². The Hall–Kier alpha value is -3.25. The van der Waals surface area contributed by atoms with Gasteiger partial charge >= 0.3 is 5.97 Å². The number of Topliss-reactive ketones (excluding diaryl/α,β-unsaturated/α-hetero) is 1. The van der Waals surface area contributed by atoms with E-state index in [1.807, 2.05) is 42.5 Å². The lowest BCUT2D eigenvalue weighted by Crippen LogP contribution is -2.45. The Kier molecular flexibility index (Phi) is 4.78. The minimum atomic E-state index is -1.61. The average molecular weight is 490 g/mol. The summed E-state index contributed by atoms with van der Waals surface area (Å²) in [6.07, 6.45) is 0. The summed E-state index contributed by atoms with van der Waals surface area (Å²) in [5, 5.41) is 2.88. The van der Waals surface area contributed by atoms with Crippen LogP contribution in [0.25, 0.3) is 0 Å². The molecule has 1 N–H and O–H groups in total. The molecule has 1 heterocycles. The maximum Gasteiger partial charge on any atom is 0.328 e. The largest absolute Gasteiger partial charge is 0.425 e. The van der Waals surface area contributed by atoms with E-state index >= 15 is 0 Å². The van der Waals surface area contributed by atoms with Gasteiger partial charge in [-0.05, 0) is 30.7 Å². The van der Waals surface area contributed by atoms with E-state index in [0.717, 1.165) is 10.0 Å². The SMILES string of the molecule is C[C@@]1(C(=O)c2ccc(Br)cc2)[C@H]2c3ccccc3OC(=O)[C@@]21C(=O)NCc1ccccc1. The van der Waals surface area contributed by atoms with Gasteiger partial charge in [0.05, 0.1) is 5.41 Å². The second-order valence-electron chi connectivity index (χ2n) is 8.38. The predicted octanol–water partition coefficient (Wildman–Crippen LogP) is 4.66. The standard InChI is InChI=1S/C26H20BrNO4/c1-25(22(29)17-11-13-18(27)14-12-17)21-19-9-5-6-10-20(19)32-24(31)26(21,25)23(30)28-15-16-7-3-2-4-8-16/h2-14,21H,15H2,1H3,(H,28,30)/t21-,25+,26+/m1/s1. The first-order valence-electron chi connectivity index (χ1n) is 10.3. The fraction of sp³-hybridized carbons (Fsp3) is 0.192. The van der Waals surface area contributed by atoms with E-state index in [9.17, 15) is 14.4 Å². The molecule has 32 heavy (non-hydrogen) atoms. The third kappa shape index (κ3) is 2.79. The molecule has 5 nitrogen and oxygen atoms in total. The highest BCUT2D eigenvalue weighted by Crippen LogP contribution is 2.78. The number of carbonyl (C=O) groups excluding carboxylic acids is 3. The number of hydrogen-bond donors (Lipinski definition) is 1. The van der Waals surface area contributed by atoms with E-state index in [2.05, 4.69) is 21.2 Å². The molecule has 1 aliphatic heterocycles. The second-order valence-corrected chi connectivity index (χ2v) is 9.29. The normalized spacial score (nSPS) is 25.2. The minimum absolute atomic E-state index is 0.251. The molecule has 3 aromatic rings. The molecule has 5 rings (SSSR count). The smallest absolute Gasteiger partial charge is 0.328 e. The molecule has 0 unspecified atom stereocenters. The Morgan fingerprint density at radius 1 is 0.969 bits per heavy atom. The van der Waals surface area contributed by atoms with E-state index in [1.54, 1.807) is 43.3 Å². The van der Waals surface area contributed by atoms with Crippen LogP contribution in [0.3, 0.4) is 0 Å². The van der Waals surface area contributed by atoms with Gasteiger partial charge in [-0.3, -0.25) is 14.4 Å². The summed E-state index contributed by atoms with van der Waals surface area (Å²) in [6, 6.07) is 23.5. The van der Waals surface area contributed by atoms with Crippen LogP contribution < -0.4 is 10.1 Å². The molecular weight excluding hydrogens is 470 g/mol. The summed E-state index contributed by atoms with van der Waals surface area (Å²) in [6.45, 7) is 1.96. The zero-order chi connectivity index (χ0) is 22.5. The van der Waals surface area contributed by atoms with Crippen LogP contribution in [-0.4, -0.2) is 17.7 Å². The van der Waals surface area contributed by atoms with Crippen LogP contribution in [-0.2, 0) is 16.1 Å². The molecule has 1 saturated carbocycles. The predicted molar refractivity (Wildman–Crippen MR) is 122 cm³/mol. The Morgan fingerprint density at radius 3 is 2.34 bits per heavy atom. The van der Waals surface area contributed by atoms with Crippen LogP contribution in [0.1, 0.15) is 34.3 Å². The first kappa shape index (κ1) is 20.6. The number of rotatable bonds is 5. The number of fused-ring (bicyclic) bond motifs is 3. The Labute approximate surface area is 193 Å². The van der Waals surface area contributed by atoms with Crippen molar-refractivity contribution < 1.29 is 19.1 Å². The number of benzene rings is 3. The van der Waals surface area contributed by atoms with E-state index in [4.69, 9.17) is 4.74 Å². The molecule has 0 bridgehead atoms. The van der Waals surface area contributed by atoms with Gasteiger partial charge in [0, 0.05) is 28.1 Å². The van der Waals surface area contributed by atoms with Crippen molar-refractivity contribution in [3.63, 3.8) is 0 Å². The summed E-state index contributed by atoms with van der Waals surface area (Å²) in [5.74, 6) is -1.61. The number of halogens is 1. The first-order chi connectivity index (χ1) is 15.4. The van der Waals surface area contributed by atoms with E-state index in [-0.39, 0.29) is 12.3 Å². The molecule has 1 amide bonds. The van der Waals surface area contributed by atoms with Crippen molar-refractivity contribution in [2.24, 2.45) is 10.8 Å². The summed E-state index contributed by atoms with van der Waals surface area (Å²) in [4.78, 5) is 40.7. The number of nitrogens with one attached hydrogen (secondary N) is 1. The van der Waals surface area contributed by atoms with E-state index in [1.165, 1.54) is 0 Å². The molecule has 1 aliphatic carbocycles. The van der Waals surface area contributed by atoms with Crippen LogP contribution in [0, 0.1) is 10.8 Å². The number of para-hydroxylation sites is 1. The van der Waals surface area contributed by atoms with Gasteiger partial charge in [-0.2, -0.15) is 0 Å². The van der Waals surface area contributed by atoms with Crippen LogP contribution >= 0.6 is 15.9 Å². The number of carbonyl (C=O) groups is 3. The molecule has 0 saturated heterocycles. The zero-order valence-corrected chi connectivity index (χ0v) is 18.9. The number of amides is 1. The molecule has 3 aromatic carbocycles. The molecule has 1 fully saturated rings. The van der Waals surface area contributed by atoms with Crippen LogP contribution in [0.4, 0.5) is 0 Å². The molecule has 160 valence electrons. The van der Waals surface area contributed by atoms with E-state index < -0.39 is 28.6 Å². The van der Waals surface area contributed by atoms with Gasteiger partial charge in [-0.1, -0.05) is 76.6 Å². The Morgan fingerprint density at radius 2 is 1.62 bits per heavy atom. The maximum atomic E-state index is 13.7. The minimum Gasteiger partial charge on any atom is -0.425 e. The fourth-order valence-electron chi connectivity index (χ4n) is 5.07. The van der Waals surface area contributed by atoms with Gasteiger partial charge in [-0.15, -0.1) is 0 Å². The van der Waals surface area contributed by atoms with Crippen molar-refractivity contribution in [3.05, 3.63) is 100 Å². The van der Waals surface area contributed by atoms with Gasteiger partial charge in [0.2, 0.25) is 5.91 Å². The highest BCUT2D eigenvalue weighted by molar-refractivity contribution is 9.10. The lowest BCUT2D eigenvalue weighted by Gasteiger charge is -2.23. The number of ketones is 1. The third-order valence-corrected chi connectivity index (χ3v) is 7.26. The zero-order valence-electron chi connectivity index (χ0n) is 17.3. The summed E-state index contributed by atoms with van der Waals surface area (Å²) in [7, 11) is 0. The van der Waals surface area contributed by atoms with Crippen molar-refractivity contribution in [1.82, 2.24) is 5.32 Å². The highest BCUT2D eigenvalue weighted by Gasteiger charge is 2.88. The molecule has 0 aromatic heterocycles. The third-order valence-electron chi connectivity index (χ3n) is 6.73. The number of hydrogen-bond acceptors (Lipinski definition) is 4. The summed E-state index contributed by atoms with van der Waals surface area (Å²) < 4.78 is 6.44. The van der Waals surface area contributed by atoms with Crippen LogP contribution in [0.15, 0.2) is 83.3 Å². The lowest BCUT2D eigenvalue weighted by molar-refractivity contribution is -0.149. The first-order valence-corrected chi connectivity index (χ1v) is 11.1.